The second-order valence-corrected chi connectivity index (χ2v) is 19.9. The number of rotatable bonds is 48. The van der Waals surface area contributed by atoms with Crippen LogP contribution >= 0.6 is 7.82 Å². The standard InChI is InChI=1S/C52H100NO7P/c1-6-8-10-12-14-16-18-20-22-24-25-26-27-28-30-32-34-36-38-40-42-44-47-57-49-51(50-59-61(55,56)58-48-46-53(3,4)5)60-52(54)45-43-41-39-37-35-33-31-29-23-21-19-17-15-13-11-9-7-2/h18,20-21,23-25,51H,6-17,19,22,26-50H2,1-5H3/b20-18-,23-21-,25-24-. The summed E-state index contributed by atoms with van der Waals surface area (Å²) in [5.74, 6) is -0.338. The highest BCUT2D eigenvalue weighted by molar-refractivity contribution is 7.45. The highest BCUT2D eigenvalue weighted by Crippen LogP contribution is 2.38. The van der Waals surface area contributed by atoms with Crippen LogP contribution in [0, 0.1) is 0 Å². The SMILES string of the molecule is CCCCCCC/C=C\C/C=C\CCCCCCCCCCCCOCC(COP(=O)([O-])OCC[N+](C)(C)C)OC(=O)CCCCCCCCC/C=C\CCCCCCCC. The summed E-state index contributed by atoms with van der Waals surface area (Å²) in [5.41, 5.74) is 0. The van der Waals surface area contributed by atoms with Crippen LogP contribution in [0.25, 0.3) is 0 Å². The summed E-state index contributed by atoms with van der Waals surface area (Å²) in [6.07, 6.45) is 54.5. The van der Waals surface area contributed by atoms with Gasteiger partial charge in [0.25, 0.3) is 7.82 Å². The van der Waals surface area contributed by atoms with Gasteiger partial charge in [-0.1, -0.05) is 192 Å². The van der Waals surface area contributed by atoms with Gasteiger partial charge in [0.05, 0.1) is 34.4 Å². The lowest BCUT2D eigenvalue weighted by atomic mass is 10.1. The van der Waals surface area contributed by atoms with E-state index in [2.05, 4.69) is 50.3 Å². The first-order valence-corrected chi connectivity index (χ1v) is 27.2. The van der Waals surface area contributed by atoms with Gasteiger partial charge in [-0.3, -0.25) is 9.36 Å². The summed E-state index contributed by atoms with van der Waals surface area (Å²) in [4.78, 5) is 25.2. The summed E-state index contributed by atoms with van der Waals surface area (Å²) in [7, 11) is 1.36. The topological polar surface area (TPSA) is 94.1 Å². The minimum atomic E-state index is -4.53. The third-order valence-electron chi connectivity index (χ3n) is 11.2. The van der Waals surface area contributed by atoms with Crippen LogP contribution in [0.1, 0.15) is 232 Å². The van der Waals surface area contributed by atoms with E-state index in [9.17, 15) is 14.3 Å². The predicted octanol–water partition coefficient (Wildman–Crippen LogP) is 15.1. The number of ether oxygens (including phenoxy) is 2. The number of quaternary nitrogens is 1. The molecule has 0 aromatic rings. The van der Waals surface area contributed by atoms with E-state index in [1.54, 1.807) is 0 Å². The smallest absolute Gasteiger partial charge is 0.306 e. The predicted molar refractivity (Wildman–Crippen MR) is 259 cm³/mol. The van der Waals surface area contributed by atoms with Crippen LogP contribution in [0.5, 0.6) is 0 Å². The fraction of sp³-hybridized carbons (Fsp3) is 0.865. The van der Waals surface area contributed by atoms with Crippen LogP contribution in [-0.2, 0) is 27.9 Å². The average molecular weight is 882 g/mol. The molecule has 0 heterocycles. The molecular weight excluding hydrogens is 782 g/mol. The molecule has 0 saturated carbocycles. The lowest BCUT2D eigenvalue weighted by Crippen LogP contribution is -2.37. The van der Waals surface area contributed by atoms with Gasteiger partial charge in [-0.05, 0) is 70.6 Å². The van der Waals surface area contributed by atoms with Gasteiger partial charge in [0.1, 0.15) is 19.3 Å². The molecule has 0 aliphatic heterocycles. The van der Waals surface area contributed by atoms with Crippen LogP contribution in [0.2, 0.25) is 0 Å². The summed E-state index contributed by atoms with van der Waals surface area (Å²) in [6, 6.07) is 0. The van der Waals surface area contributed by atoms with Gasteiger partial charge in [0.2, 0.25) is 0 Å². The van der Waals surface area contributed by atoms with Crippen molar-refractivity contribution in [1.29, 1.82) is 0 Å². The van der Waals surface area contributed by atoms with Crippen molar-refractivity contribution in [2.45, 2.75) is 238 Å². The quantitative estimate of drug-likeness (QED) is 0.0197. The number of hydrogen-bond donors (Lipinski definition) is 0. The van der Waals surface area contributed by atoms with Gasteiger partial charge in [0, 0.05) is 13.0 Å². The number of carbonyl (C=O) groups excluding carboxylic acids is 1. The van der Waals surface area contributed by atoms with Gasteiger partial charge >= 0.3 is 5.97 Å². The normalized spacial score (nSPS) is 13.9. The van der Waals surface area contributed by atoms with Crippen molar-refractivity contribution in [3.8, 4) is 0 Å². The van der Waals surface area contributed by atoms with Crippen molar-refractivity contribution in [3.05, 3.63) is 36.5 Å². The molecule has 0 spiro atoms. The zero-order chi connectivity index (χ0) is 44.8. The molecule has 8 nitrogen and oxygen atoms in total. The zero-order valence-electron chi connectivity index (χ0n) is 40.9. The van der Waals surface area contributed by atoms with E-state index < -0.39 is 13.9 Å². The van der Waals surface area contributed by atoms with Crippen molar-refractivity contribution >= 4 is 13.8 Å². The Morgan fingerprint density at radius 3 is 1.34 bits per heavy atom. The number of phosphoric acid groups is 1. The summed E-state index contributed by atoms with van der Waals surface area (Å²) in [5, 5.41) is 0. The van der Waals surface area contributed by atoms with Crippen LogP contribution in [0.15, 0.2) is 36.5 Å². The average Bonchev–Trinajstić information content (AvgIpc) is 3.22. The molecule has 360 valence electrons. The zero-order valence-corrected chi connectivity index (χ0v) is 41.8. The molecule has 0 N–H and O–H groups in total. The van der Waals surface area contributed by atoms with Crippen LogP contribution in [-0.4, -0.2) is 70.7 Å². The number of esters is 1. The number of nitrogens with zero attached hydrogens (tertiary/aromatic N) is 1. The highest BCUT2D eigenvalue weighted by atomic mass is 31.2. The highest BCUT2D eigenvalue weighted by Gasteiger charge is 2.20. The third-order valence-corrected chi connectivity index (χ3v) is 12.1. The molecule has 9 heteroatoms. The number of unbranched alkanes of at least 4 members (excludes halogenated alkanes) is 28. The van der Waals surface area contributed by atoms with Gasteiger partial charge in [-0.15, -0.1) is 0 Å². The number of hydrogen-bond acceptors (Lipinski definition) is 7. The molecule has 0 aromatic carbocycles. The molecule has 2 atom stereocenters. The molecule has 0 radical (unpaired) electrons. The Labute approximate surface area is 378 Å². The Hall–Kier alpha value is -1.28. The molecule has 0 aliphatic rings. The van der Waals surface area contributed by atoms with Gasteiger partial charge in [0.15, 0.2) is 0 Å². The minimum Gasteiger partial charge on any atom is -0.756 e. The molecule has 0 amide bonds. The molecular formula is C52H100NO7P. The summed E-state index contributed by atoms with van der Waals surface area (Å²) < 4.78 is 34.7. The largest absolute Gasteiger partial charge is 0.756 e. The fourth-order valence-corrected chi connectivity index (χ4v) is 7.89. The summed E-state index contributed by atoms with van der Waals surface area (Å²) >= 11 is 0. The van der Waals surface area contributed by atoms with Crippen molar-refractivity contribution in [2.24, 2.45) is 0 Å². The maximum absolute atomic E-state index is 12.7. The molecule has 0 aliphatic carbocycles. The summed E-state index contributed by atoms with van der Waals surface area (Å²) in [6.45, 7) is 5.42. The molecule has 0 aromatic heterocycles. The second-order valence-electron chi connectivity index (χ2n) is 18.5. The van der Waals surface area contributed by atoms with Crippen molar-refractivity contribution < 1.29 is 37.3 Å². The Bertz CT molecular complexity index is 1070. The van der Waals surface area contributed by atoms with Crippen molar-refractivity contribution in [1.82, 2.24) is 0 Å². The Balaban J connectivity index is 4.13. The Morgan fingerprint density at radius 2 is 0.902 bits per heavy atom. The monoisotopic (exact) mass is 882 g/mol. The Morgan fingerprint density at radius 1 is 0.508 bits per heavy atom. The third kappa shape index (κ3) is 49.6. The van der Waals surface area contributed by atoms with Gasteiger partial charge in [-0.2, -0.15) is 0 Å². The van der Waals surface area contributed by atoms with E-state index in [-0.39, 0.29) is 25.8 Å². The van der Waals surface area contributed by atoms with Crippen LogP contribution in [0.3, 0.4) is 0 Å². The minimum absolute atomic E-state index is 0.0250. The number of carbonyl (C=O) groups is 1. The van der Waals surface area contributed by atoms with E-state index in [0.29, 0.717) is 24.1 Å². The first-order valence-electron chi connectivity index (χ1n) is 25.7. The molecule has 0 saturated heterocycles. The van der Waals surface area contributed by atoms with E-state index in [1.165, 1.54) is 173 Å². The van der Waals surface area contributed by atoms with Gasteiger partial charge in [-0.25, -0.2) is 0 Å². The molecule has 2 unspecified atom stereocenters. The first kappa shape index (κ1) is 59.7. The van der Waals surface area contributed by atoms with Crippen molar-refractivity contribution in [3.63, 3.8) is 0 Å². The molecule has 0 rings (SSSR count). The molecule has 61 heavy (non-hydrogen) atoms. The first-order chi connectivity index (χ1) is 29.6. The Kier molecular flexibility index (Phi) is 44.3. The number of allylic oxidation sites excluding steroid dienone is 6. The number of likely N-dealkylation sites (N-methyl/N-ethyl adjacent to an activating group) is 1. The van der Waals surface area contributed by atoms with Crippen LogP contribution in [0.4, 0.5) is 0 Å². The van der Waals surface area contributed by atoms with E-state index in [1.807, 2.05) is 21.1 Å². The second kappa shape index (κ2) is 45.3. The van der Waals surface area contributed by atoms with Crippen molar-refractivity contribution in [2.75, 3.05) is 54.1 Å². The lowest BCUT2D eigenvalue weighted by molar-refractivity contribution is -0.870. The molecule has 0 bridgehead atoms. The van der Waals surface area contributed by atoms with E-state index in [0.717, 1.165) is 38.5 Å². The maximum Gasteiger partial charge on any atom is 0.306 e. The number of phosphoric ester groups is 1. The van der Waals surface area contributed by atoms with E-state index in [4.69, 9.17) is 18.5 Å². The van der Waals surface area contributed by atoms with E-state index >= 15 is 0 Å². The lowest BCUT2D eigenvalue weighted by Gasteiger charge is -2.28. The molecule has 0 fully saturated rings. The van der Waals surface area contributed by atoms with Gasteiger partial charge < -0.3 is 27.9 Å². The van der Waals surface area contributed by atoms with Crippen LogP contribution < -0.4 is 4.89 Å². The fourth-order valence-electron chi connectivity index (χ4n) is 7.16. The maximum atomic E-state index is 12.7.